The zero-order chi connectivity index (χ0) is 12.0. The van der Waals surface area contributed by atoms with Gasteiger partial charge in [0.25, 0.3) is 5.91 Å². The van der Waals surface area contributed by atoms with Crippen molar-refractivity contribution in [2.24, 2.45) is 7.05 Å². The Labute approximate surface area is 95.8 Å². The van der Waals surface area contributed by atoms with Crippen molar-refractivity contribution in [3.8, 4) is 0 Å². The van der Waals surface area contributed by atoms with Gasteiger partial charge < -0.3 is 10.1 Å². The molecule has 90 valence electrons. The molecule has 0 radical (unpaired) electrons. The van der Waals surface area contributed by atoms with E-state index in [4.69, 9.17) is 4.74 Å². The molecule has 0 aliphatic rings. The fourth-order valence-electron chi connectivity index (χ4n) is 1.23. The number of carbonyl (C=O) groups excluding carboxylic acids is 1. The Balaban J connectivity index is 2.16. The van der Waals surface area contributed by atoms with Gasteiger partial charge in [0.15, 0.2) is 0 Å². The predicted octanol–water partition coefficient (Wildman–Crippen LogP) is 0.965. The van der Waals surface area contributed by atoms with E-state index in [0.717, 1.165) is 6.42 Å². The lowest BCUT2D eigenvalue weighted by atomic mass is 10.3. The SMILES string of the molecule is CC(C)OCCCNC(=O)c1cnn(C)c1. The molecule has 5 nitrogen and oxygen atoms in total. The molecule has 1 amide bonds. The van der Waals surface area contributed by atoms with E-state index in [0.29, 0.717) is 18.7 Å². The summed E-state index contributed by atoms with van der Waals surface area (Å²) >= 11 is 0. The molecule has 0 atom stereocenters. The van der Waals surface area contributed by atoms with Gasteiger partial charge in [-0.15, -0.1) is 0 Å². The maximum absolute atomic E-state index is 11.5. The Bertz CT molecular complexity index is 334. The number of hydrogen-bond donors (Lipinski definition) is 1. The van der Waals surface area contributed by atoms with Crippen LogP contribution in [0.25, 0.3) is 0 Å². The third kappa shape index (κ3) is 4.44. The monoisotopic (exact) mass is 225 g/mol. The van der Waals surface area contributed by atoms with E-state index in [1.54, 1.807) is 24.1 Å². The van der Waals surface area contributed by atoms with Crippen molar-refractivity contribution >= 4 is 5.91 Å². The molecular weight excluding hydrogens is 206 g/mol. The van der Waals surface area contributed by atoms with Crippen LogP contribution in [-0.2, 0) is 11.8 Å². The highest BCUT2D eigenvalue weighted by atomic mass is 16.5. The first-order chi connectivity index (χ1) is 7.59. The van der Waals surface area contributed by atoms with Crippen LogP contribution < -0.4 is 5.32 Å². The van der Waals surface area contributed by atoms with E-state index < -0.39 is 0 Å². The van der Waals surface area contributed by atoms with Crippen molar-refractivity contribution < 1.29 is 9.53 Å². The van der Waals surface area contributed by atoms with Crippen LogP contribution in [0.3, 0.4) is 0 Å². The average molecular weight is 225 g/mol. The fraction of sp³-hybridized carbons (Fsp3) is 0.636. The Hall–Kier alpha value is -1.36. The van der Waals surface area contributed by atoms with Crippen molar-refractivity contribution in [2.75, 3.05) is 13.2 Å². The number of carbonyl (C=O) groups is 1. The highest BCUT2D eigenvalue weighted by Crippen LogP contribution is 1.96. The van der Waals surface area contributed by atoms with E-state index >= 15 is 0 Å². The predicted molar refractivity (Wildman–Crippen MR) is 61.2 cm³/mol. The van der Waals surface area contributed by atoms with Gasteiger partial charge in [-0.3, -0.25) is 9.48 Å². The van der Waals surface area contributed by atoms with Crippen LogP contribution in [0.2, 0.25) is 0 Å². The summed E-state index contributed by atoms with van der Waals surface area (Å²) in [4.78, 5) is 11.5. The quantitative estimate of drug-likeness (QED) is 0.734. The molecule has 0 fully saturated rings. The molecule has 16 heavy (non-hydrogen) atoms. The van der Waals surface area contributed by atoms with Gasteiger partial charge in [-0.05, 0) is 20.3 Å². The summed E-state index contributed by atoms with van der Waals surface area (Å²) < 4.78 is 6.97. The normalized spacial score (nSPS) is 10.8. The molecule has 0 saturated heterocycles. The fourth-order valence-corrected chi connectivity index (χ4v) is 1.23. The summed E-state index contributed by atoms with van der Waals surface area (Å²) in [6.07, 6.45) is 4.32. The number of ether oxygens (including phenoxy) is 1. The summed E-state index contributed by atoms with van der Waals surface area (Å²) in [7, 11) is 1.78. The molecule has 1 aromatic rings. The Kier molecular flexibility index (Phi) is 4.98. The Morgan fingerprint density at radius 3 is 2.94 bits per heavy atom. The second-order valence-corrected chi connectivity index (χ2v) is 3.93. The minimum atomic E-state index is -0.0855. The van der Waals surface area contributed by atoms with Crippen LogP contribution in [0.1, 0.15) is 30.6 Å². The van der Waals surface area contributed by atoms with Crippen LogP contribution in [0, 0.1) is 0 Å². The number of aromatic nitrogens is 2. The molecule has 1 N–H and O–H groups in total. The molecule has 1 aromatic heterocycles. The molecule has 0 unspecified atom stereocenters. The van der Waals surface area contributed by atoms with Crippen LogP contribution in [0.4, 0.5) is 0 Å². The molecule has 0 spiro atoms. The first-order valence-corrected chi connectivity index (χ1v) is 5.48. The van der Waals surface area contributed by atoms with Crippen molar-refractivity contribution in [1.29, 1.82) is 0 Å². The molecule has 0 aromatic carbocycles. The highest BCUT2D eigenvalue weighted by molar-refractivity contribution is 5.93. The van der Waals surface area contributed by atoms with Gasteiger partial charge in [0.05, 0.1) is 17.9 Å². The molecular formula is C11H19N3O2. The number of rotatable bonds is 6. The summed E-state index contributed by atoms with van der Waals surface area (Å²) in [5.74, 6) is -0.0855. The maximum atomic E-state index is 11.5. The molecule has 0 bridgehead atoms. The van der Waals surface area contributed by atoms with E-state index in [2.05, 4.69) is 10.4 Å². The molecule has 0 aliphatic carbocycles. The second kappa shape index (κ2) is 6.27. The summed E-state index contributed by atoms with van der Waals surface area (Å²) in [6.45, 7) is 5.29. The third-order valence-electron chi connectivity index (χ3n) is 2.02. The van der Waals surface area contributed by atoms with Crippen molar-refractivity contribution in [1.82, 2.24) is 15.1 Å². The standard InChI is InChI=1S/C11H19N3O2/c1-9(2)16-6-4-5-12-11(15)10-7-13-14(3)8-10/h7-9H,4-6H2,1-3H3,(H,12,15). The third-order valence-corrected chi connectivity index (χ3v) is 2.02. The van der Waals surface area contributed by atoms with Gasteiger partial charge >= 0.3 is 0 Å². The zero-order valence-electron chi connectivity index (χ0n) is 10.1. The number of aryl methyl sites for hydroxylation is 1. The van der Waals surface area contributed by atoms with Crippen LogP contribution in [0.5, 0.6) is 0 Å². The summed E-state index contributed by atoms with van der Waals surface area (Å²) in [6, 6.07) is 0. The van der Waals surface area contributed by atoms with Gasteiger partial charge in [0.1, 0.15) is 0 Å². The second-order valence-electron chi connectivity index (χ2n) is 3.93. The van der Waals surface area contributed by atoms with Crippen molar-refractivity contribution in [3.05, 3.63) is 18.0 Å². The largest absolute Gasteiger partial charge is 0.379 e. The highest BCUT2D eigenvalue weighted by Gasteiger charge is 2.06. The van der Waals surface area contributed by atoms with E-state index in [-0.39, 0.29) is 12.0 Å². The number of amides is 1. The molecule has 5 heteroatoms. The van der Waals surface area contributed by atoms with Gasteiger partial charge in [0, 0.05) is 26.4 Å². The summed E-state index contributed by atoms with van der Waals surface area (Å²) in [5.41, 5.74) is 0.590. The first kappa shape index (κ1) is 12.7. The van der Waals surface area contributed by atoms with Crippen molar-refractivity contribution in [3.63, 3.8) is 0 Å². The lowest BCUT2D eigenvalue weighted by molar-refractivity contribution is 0.0757. The topological polar surface area (TPSA) is 56.1 Å². The van der Waals surface area contributed by atoms with E-state index in [1.165, 1.54) is 0 Å². The zero-order valence-corrected chi connectivity index (χ0v) is 10.1. The summed E-state index contributed by atoms with van der Waals surface area (Å²) in [5, 5.41) is 6.75. The van der Waals surface area contributed by atoms with Crippen LogP contribution >= 0.6 is 0 Å². The molecule has 0 aliphatic heterocycles. The molecule has 1 rings (SSSR count). The first-order valence-electron chi connectivity index (χ1n) is 5.48. The Morgan fingerprint density at radius 1 is 1.62 bits per heavy atom. The van der Waals surface area contributed by atoms with E-state index in [9.17, 15) is 4.79 Å². The number of nitrogens with zero attached hydrogens (tertiary/aromatic N) is 2. The molecule has 1 heterocycles. The molecule has 0 saturated carbocycles. The van der Waals surface area contributed by atoms with Crippen LogP contribution in [0.15, 0.2) is 12.4 Å². The van der Waals surface area contributed by atoms with Gasteiger partial charge in [-0.1, -0.05) is 0 Å². The smallest absolute Gasteiger partial charge is 0.254 e. The van der Waals surface area contributed by atoms with E-state index in [1.807, 2.05) is 13.8 Å². The minimum absolute atomic E-state index is 0.0855. The maximum Gasteiger partial charge on any atom is 0.254 e. The van der Waals surface area contributed by atoms with Crippen molar-refractivity contribution in [2.45, 2.75) is 26.4 Å². The van der Waals surface area contributed by atoms with Crippen LogP contribution in [-0.4, -0.2) is 34.9 Å². The lowest BCUT2D eigenvalue weighted by Crippen LogP contribution is -2.25. The average Bonchev–Trinajstić information content (AvgIpc) is 2.63. The number of nitrogens with one attached hydrogen (secondary N) is 1. The van der Waals surface area contributed by atoms with Gasteiger partial charge in [-0.2, -0.15) is 5.10 Å². The van der Waals surface area contributed by atoms with Gasteiger partial charge in [0.2, 0.25) is 0 Å². The minimum Gasteiger partial charge on any atom is -0.379 e. The Morgan fingerprint density at radius 2 is 2.38 bits per heavy atom. The lowest BCUT2D eigenvalue weighted by Gasteiger charge is -2.07. The number of hydrogen-bond acceptors (Lipinski definition) is 3. The van der Waals surface area contributed by atoms with Gasteiger partial charge in [-0.25, -0.2) is 0 Å².